The van der Waals surface area contributed by atoms with Gasteiger partial charge in [0.15, 0.2) is 0 Å². The topological polar surface area (TPSA) is 90.1 Å². The van der Waals surface area contributed by atoms with Crippen LogP contribution in [-0.4, -0.2) is 27.2 Å². The van der Waals surface area contributed by atoms with Gasteiger partial charge in [0.2, 0.25) is 5.91 Å². The minimum absolute atomic E-state index is 0.0650. The van der Waals surface area contributed by atoms with Gasteiger partial charge in [0.25, 0.3) is 0 Å². The molecule has 0 aliphatic rings. The number of nitrogens with zero attached hydrogens (tertiary/aromatic N) is 3. The van der Waals surface area contributed by atoms with Crippen LogP contribution in [0.3, 0.4) is 0 Å². The third-order valence-corrected chi connectivity index (χ3v) is 2.42. The standard InChI is InChI=1S/C11H18N4O3/c1-8(2)4-12-11(16)9(3)6-14-7-10(5-13-14)15(17)18/h5,7-9H,4,6H2,1-3H3,(H,12,16). The molecule has 0 aliphatic heterocycles. The number of carbonyl (C=O) groups is 1. The fourth-order valence-corrected chi connectivity index (χ4v) is 1.39. The van der Waals surface area contributed by atoms with Crippen LogP contribution in [0.15, 0.2) is 12.4 Å². The van der Waals surface area contributed by atoms with Crippen LogP contribution in [0.1, 0.15) is 20.8 Å². The molecule has 7 nitrogen and oxygen atoms in total. The summed E-state index contributed by atoms with van der Waals surface area (Å²) in [5.41, 5.74) is -0.0650. The molecule has 1 amide bonds. The number of hydrogen-bond acceptors (Lipinski definition) is 4. The van der Waals surface area contributed by atoms with E-state index in [1.54, 1.807) is 6.92 Å². The zero-order valence-corrected chi connectivity index (χ0v) is 10.8. The van der Waals surface area contributed by atoms with Crippen LogP contribution >= 0.6 is 0 Å². The van der Waals surface area contributed by atoms with Crippen molar-refractivity contribution in [2.45, 2.75) is 27.3 Å². The Balaban J connectivity index is 2.50. The van der Waals surface area contributed by atoms with Crippen molar-refractivity contribution in [2.24, 2.45) is 11.8 Å². The molecular formula is C11H18N4O3. The first-order chi connectivity index (χ1) is 8.40. The normalized spacial score (nSPS) is 12.4. The number of rotatable bonds is 6. The maximum absolute atomic E-state index is 11.7. The van der Waals surface area contributed by atoms with Gasteiger partial charge in [-0.15, -0.1) is 0 Å². The lowest BCUT2D eigenvalue weighted by atomic mass is 10.1. The molecule has 0 saturated heterocycles. The van der Waals surface area contributed by atoms with E-state index in [0.717, 1.165) is 0 Å². The second kappa shape index (κ2) is 6.13. The highest BCUT2D eigenvalue weighted by Crippen LogP contribution is 2.09. The van der Waals surface area contributed by atoms with E-state index in [1.807, 2.05) is 13.8 Å². The van der Waals surface area contributed by atoms with Crippen molar-refractivity contribution >= 4 is 11.6 Å². The van der Waals surface area contributed by atoms with E-state index in [0.29, 0.717) is 19.0 Å². The lowest BCUT2D eigenvalue weighted by Crippen LogP contribution is -2.34. The fourth-order valence-electron chi connectivity index (χ4n) is 1.39. The van der Waals surface area contributed by atoms with Gasteiger partial charge in [-0.25, -0.2) is 0 Å². The van der Waals surface area contributed by atoms with Crippen LogP contribution < -0.4 is 5.32 Å². The van der Waals surface area contributed by atoms with E-state index < -0.39 is 4.92 Å². The molecule has 0 aliphatic carbocycles. The highest BCUT2D eigenvalue weighted by Gasteiger charge is 2.16. The molecule has 1 unspecified atom stereocenters. The molecule has 0 saturated carbocycles. The number of aromatic nitrogens is 2. The van der Waals surface area contributed by atoms with E-state index >= 15 is 0 Å². The number of hydrogen-bond donors (Lipinski definition) is 1. The summed E-state index contributed by atoms with van der Waals surface area (Å²) >= 11 is 0. The number of carbonyl (C=O) groups excluding carboxylic acids is 1. The minimum Gasteiger partial charge on any atom is -0.356 e. The molecule has 1 aromatic heterocycles. The first kappa shape index (κ1) is 14.1. The molecule has 100 valence electrons. The number of nitro groups is 1. The van der Waals surface area contributed by atoms with Crippen molar-refractivity contribution < 1.29 is 9.72 Å². The van der Waals surface area contributed by atoms with Gasteiger partial charge in [-0.05, 0) is 5.92 Å². The summed E-state index contributed by atoms with van der Waals surface area (Å²) in [4.78, 5) is 21.7. The van der Waals surface area contributed by atoms with Gasteiger partial charge in [0.1, 0.15) is 12.4 Å². The molecule has 1 heterocycles. The predicted octanol–water partition coefficient (Wildman–Crippen LogP) is 1.20. The Bertz CT molecular complexity index is 428. The van der Waals surface area contributed by atoms with E-state index in [1.165, 1.54) is 17.1 Å². The largest absolute Gasteiger partial charge is 0.356 e. The van der Waals surface area contributed by atoms with E-state index in [4.69, 9.17) is 0 Å². The van der Waals surface area contributed by atoms with Crippen molar-refractivity contribution in [3.05, 3.63) is 22.5 Å². The average molecular weight is 254 g/mol. The van der Waals surface area contributed by atoms with Crippen LogP contribution in [0, 0.1) is 22.0 Å². The van der Waals surface area contributed by atoms with E-state index in [-0.39, 0.29) is 17.5 Å². The predicted molar refractivity (Wildman–Crippen MR) is 65.9 cm³/mol. The Morgan fingerprint density at radius 2 is 2.22 bits per heavy atom. The molecule has 1 rings (SSSR count). The maximum atomic E-state index is 11.7. The average Bonchev–Trinajstić information content (AvgIpc) is 2.74. The van der Waals surface area contributed by atoms with Crippen LogP contribution in [0.4, 0.5) is 5.69 Å². The first-order valence-corrected chi connectivity index (χ1v) is 5.84. The summed E-state index contributed by atoms with van der Waals surface area (Å²) in [6.45, 7) is 6.76. The third-order valence-electron chi connectivity index (χ3n) is 2.42. The quantitative estimate of drug-likeness (QED) is 0.610. The lowest BCUT2D eigenvalue weighted by molar-refractivity contribution is -0.385. The highest BCUT2D eigenvalue weighted by atomic mass is 16.6. The van der Waals surface area contributed by atoms with Crippen molar-refractivity contribution in [1.29, 1.82) is 0 Å². The summed E-state index contributed by atoms with van der Waals surface area (Å²) in [6.07, 6.45) is 2.50. The molecule has 7 heteroatoms. The third kappa shape index (κ3) is 4.15. The monoisotopic (exact) mass is 254 g/mol. The van der Waals surface area contributed by atoms with Crippen LogP contribution in [0.5, 0.6) is 0 Å². The Hall–Kier alpha value is -1.92. The fraction of sp³-hybridized carbons (Fsp3) is 0.636. The second-order valence-corrected chi connectivity index (χ2v) is 4.72. The minimum atomic E-state index is -0.507. The lowest BCUT2D eigenvalue weighted by Gasteiger charge is -2.13. The molecule has 0 fully saturated rings. The Morgan fingerprint density at radius 3 is 2.72 bits per heavy atom. The van der Waals surface area contributed by atoms with Gasteiger partial charge < -0.3 is 5.32 Å². The second-order valence-electron chi connectivity index (χ2n) is 4.72. The highest BCUT2D eigenvalue weighted by molar-refractivity contribution is 5.78. The molecule has 0 aromatic carbocycles. The molecule has 1 aromatic rings. The van der Waals surface area contributed by atoms with Crippen molar-refractivity contribution in [3.63, 3.8) is 0 Å². The first-order valence-electron chi connectivity index (χ1n) is 5.84. The van der Waals surface area contributed by atoms with E-state index in [9.17, 15) is 14.9 Å². The zero-order valence-electron chi connectivity index (χ0n) is 10.8. The molecule has 0 radical (unpaired) electrons. The number of amides is 1. The summed E-state index contributed by atoms with van der Waals surface area (Å²) in [7, 11) is 0. The zero-order chi connectivity index (χ0) is 13.7. The Morgan fingerprint density at radius 1 is 1.56 bits per heavy atom. The molecule has 0 bridgehead atoms. The molecular weight excluding hydrogens is 236 g/mol. The van der Waals surface area contributed by atoms with Crippen LogP contribution in [0.2, 0.25) is 0 Å². The maximum Gasteiger partial charge on any atom is 0.306 e. The summed E-state index contributed by atoms with van der Waals surface area (Å²) in [5, 5.41) is 17.2. The van der Waals surface area contributed by atoms with Gasteiger partial charge in [-0.3, -0.25) is 19.6 Å². The molecule has 1 N–H and O–H groups in total. The molecule has 0 spiro atoms. The van der Waals surface area contributed by atoms with Gasteiger partial charge >= 0.3 is 5.69 Å². The molecule has 1 atom stereocenters. The van der Waals surface area contributed by atoms with Crippen molar-refractivity contribution in [2.75, 3.05) is 6.54 Å². The van der Waals surface area contributed by atoms with Gasteiger partial charge in [0, 0.05) is 6.54 Å². The summed E-state index contributed by atoms with van der Waals surface area (Å²) in [6, 6.07) is 0. The Kier molecular flexibility index (Phi) is 4.82. The van der Waals surface area contributed by atoms with Gasteiger partial charge in [0.05, 0.1) is 17.4 Å². The van der Waals surface area contributed by atoms with Crippen LogP contribution in [-0.2, 0) is 11.3 Å². The smallest absolute Gasteiger partial charge is 0.306 e. The molecule has 18 heavy (non-hydrogen) atoms. The SMILES string of the molecule is CC(C)CNC(=O)C(C)Cn1cc([N+](=O)[O-])cn1. The van der Waals surface area contributed by atoms with Crippen LogP contribution in [0.25, 0.3) is 0 Å². The number of nitrogens with one attached hydrogen (secondary N) is 1. The summed E-state index contributed by atoms with van der Waals surface area (Å²) in [5.74, 6) is 0.0528. The van der Waals surface area contributed by atoms with Crippen molar-refractivity contribution in [1.82, 2.24) is 15.1 Å². The Labute approximate surface area is 105 Å². The summed E-state index contributed by atoms with van der Waals surface area (Å²) < 4.78 is 1.41. The van der Waals surface area contributed by atoms with Gasteiger partial charge in [-0.2, -0.15) is 5.10 Å². The van der Waals surface area contributed by atoms with E-state index in [2.05, 4.69) is 10.4 Å². The van der Waals surface area contributed by atoms with Gasteiger partial charge in [-0.1, -0.05) is 20.8 Å². The van der Waals surface area contributed by atoms with Crippen molar-refractivity contribution in [3.8, 4) is 0 Å².